The first-order valence-electron chi connectivity index (χ1n) is 5.57. The Morgan fingerprint density at radius 3 is 2.47 bits per heavy atom. The van der Waals surface area contributed by atoms with Crippen molar-refractivity contribution >= 4 is 50.2 Å². The molecule has 2 aromatic carbocycles. The molecule has 2 N–H and O–H groups in total. The van der Waals surface area contributed by atoms with Crippen LogP contribution < -0.4 is 5.32 Å². The summed E-state index contributed by atoms with van der Waals surface area (Å²) in [5, 5.41) is 12.4. The van der Waals surface area contributed by atoms with E-state index in [1.165, 1.54) is 0 Å². The highest BCUT2D eigenvalue weighted by Gasteiger charge is 2.19. The molecule has 0 heterocycles. The van der Waals surface area contributed by atoms with E-state index in [1.807, 2.05) is 36.4 Å². The first-order chi connectivity index (χ1) is 9.08. The molecule has 3 nitrogen and oxygen atoms in total. The molecule has 1 unspecified atom stereocenters. The van der Waals surface area contributed by atoms with Crippen molar-refractivity contribution in [2.45, 2.75) is 6.04 Å². The number of carboxylic acids is 1. The summed E-state index contributed by atoms with van der Waals surface area (Å²) in [5.41, 5.74) is 1.51. The lowest BCUT2D eigenvalue weighted by molar-refractivity contribution is -0.138. The zero-order chi connectivity index (χ0) is 13.8. The molecule has 19 heavy (non-hydrogen) atoms. The van der Waals surface area contributed by atoms with Gasteiger partial charge in [0.1, 0.15) is 0 Å². The summed E-state index contributed by atoms with van der Waals surface area (Å²) in [5.74, 6) is -0.899. The molecule has 0 radical (unpaired) electrons. The molecule has 2 aromatic rings. The van der Waals surface area contributed by atoms with E-state index in [2.05, 4.69) is 43.8 Å². The molecule has 0 saturated carbocycles. The van der Waals surface area contributed by atoms with Crippen LogP contribution in [0.1, 0.15) is 11.6 Å². The number of aliphatic carboxylic acids is 1. The summed E-state index contributed by atoms with van der Waals surface area (Å²) < 4.78 is 2.02. The zero-order valence-corrected chi connectivity index (χ0v) is 13.6. The van der Waals surface area contributed by atoms with Crippen molar-refractivity contribution < 1.29 is 9.90 Å². The number of nitrogens with one attached hydrogen (secondary N) is 1. The molecule has 0 saturated heterocycles. The lowest BCUT2D eigenvalue weighted by atomic mass is 10.1. The minimum Gasteiger partial charge on any atom is -0.479 e. The Balaban J connectivity index is 2.27. The summed E-state index contributed by atoms with van der Waals surface area (Å²) in [4.78, 5) is 11.4. The second kappa shape index (κ2) is 6.38. The third-order valence-electron chi connectivity index (χ3n) is 2.61. The molecule has 1 atom stereocenters. The maximum absolute atomic E-state index is 11.4. The molecular formula is C14H11BrINO2. The third-order valence-corrected chi connectivity index (χ3v) is 4.94. The molecule has 0 aliphatic heterocycles. The van der Waals surface area contributed by atoms with E-state index in [0.717, 1.165) is 19.3 Å². The van der Waals surface area contributed by atoms with E-state index in [0.29, 0.717) is 0 Å². The second-order valence-corrected chi connectivity index (χ2v) is 5.97. The summed E-state index contributed by atoms with van der Waals surface area (Å²) in [6.07, 6.45) is 0. The fourth-order valence-electron chi connectivity index (χ4n) is 1.69. The number of hydrogen-bond acceptors (Lipinski definition) is 2. The highest BCUT2D eigenvalue weighted by molar-refractivity contribution is 14.1. The molecule has 0 spiro atoms. The Morgan fingerprint density at radius 2 is 1.89 bits per heavy atom. The van der Waals surface area contributed by atoms with Gasteiger partial charge < -0.3 is 10.4 Å². The van der Waals surface area contributed by atoms with E-state index in [4.69, 9.17) is 0 Å². The maximum atomic E-state index is 11.4. The van der Waals surface area contributed by atoms with Crippen molar-refractivity contribution in [2.75, 3.05) is 5.32 Å². The lowest BCUT2D eigenvalue weighted by Crippen LogP contribution is -2.20. The number of anilines is 1. The van der Waals surface area contributed by atoms with Gasteiger partial charge in [0.25, 0.3) is 0 Å². The van der Waals surface area contributed by atoms with Gasteiger partial charge in [0, 0.05) is 13.7 Å². The Hall–Kier alpha value is -1.08. The van der Waals surface area contributed by atoms with E-state index in [-0.39, 0.29) is 0 Å². The number of rotatable bonds is 4. The van der Waals surface area contributed by atoms with Crippen LogP contribution in [0, 0.1) is 3.57 Å². The Bertz CT molecular complexity index is 589. The van der Waals surface area contributed by atoms with Gasteiger partial charge in [-0.3, -0.25) is 0 Å². The predicted octanol–water partition coefficient (Wildman–Crippen LogP) is 4.29. The fourth-order valence-corrected chi connectivity index (χ4v) is 2.45. The summed E-state index contributed by atoms with van der Waals surface area (Å²) in [6, 6.07) is 14.0. The Kier molecular flexibility index (Phi) is 4.81. The van der Waals surface area contributed by atoms with Crippen LogP contribution in [0.2, 0.25) is 0 Å². The first-order valence-corrected chi connectivity index (χ1v) is 7.44. The molecule has 0 fully saturated rings. The highest BCUT2D eigenvalue weighted by atomic mass is 127. The smallest absolute Gasteiger partial charge is 0.330 e. The van der Waals surface area contributed by atoms with E-state index in [9.17, 15) is 9.90 Å². The predicted molar refractivity (Wildman–Crippen MR) is 87.3 cm³/mol. The first kappa shape index (κ1) is 14.3. The van der Waals surface area contributed by atoms with Crippen molar-refractivity contribution in [3.63, 3.8) is 0 Å². The van der Waals surface area contributed by atoms with Crippen LogP contribution >= 0.6 is 38.5 Å². The number of benzene rings is 2. The molecular weight excluding hydrogens is 421 g/mol. The van der Waals surface area contributed by atoms with E-state index < -0.39 is 12.0 Å². The van der Waals surface area contributed by atoms with Crippen LogP contribution in [0.5, 0.6) is 0 Å². The molecule has 2 rings (SSSR count). The minimum atomic E-state index is -0.899. The van der Waals surface area contributed by atoms with Crippen LogP contribution in [-0.4, -0.2) is 11.1 Å². The Labute approximate surface area is 133 Å². The standard InChI is InChI=1S/C14H11BrINO2/c15-11-7-6-10(8-12(11)16)17-13(14(18)19)9-4-2-1-3-5-9/h1-8,13,17H,(H,18,19). The van der Waals surface area contributed by atoms with Crippen molar-refractivity contribution in [3.05, 3.63) is 62.1 Å². The van der Waals surface area contributed by atoms with Crippen molar-refractivity contribution in [1.29, 1.82) is 0 Å². The molecule has 0 amide bonds. The summed E-state index contributed by atoms with van der Waals surface area (Å²) in [7, 11) is 0. The maximum Gasteiger partial charge on any atom is 0.330 e. The molecule has 0 bridgehead atoms. The van der Waals surface area contributed by atoms with Gasteiger partial charge in [-0.2, -0.15) is 0 Å². The van der Waals surface area contributed by atoms with Crippen molar-refractivity contribution in [3.8, 4) is 0 Å². The topological polar surface area (TPSA) is 49.3 Å². The van der Waals surface area contributed by atoms with Gasteiger partial charge >= 0.3 is 5.97 Å². The van der Waals surface area contributed by atoms with Gasteiger partial charge in [-0.15, -0.1) is 0 Å². The quantitative estimate of drug-likeness (QED) is 0.710. The largest absolute Gasteiger partial charge is 0.479 e. The fraction of sp³-hybridized carbons (Fsp3) is 0.0714. The van der Waals surface area contributed by atoms with E-state index in [1.54, 1.807) is 12.1 Å². The normalized spacial score (nSPS) is 11.9. The van der Waals surface area contributed by atoms with Crippen LogP contribution in [-0.2, 0) is 4.79 Å². The van der Waals surface area contributed by atoms with Crippen LogP contribution in [0.4, 0.5) is 5.69 Å². The van der Waals surface area contributed by atoms with Gasteiger partial charge in [-0.05, 0) is 62.3 Å². The highest BCUT2D eigenvalue weighted by Crippen LogP contribution is 2.25. The number of carboxylic acid groups (broad SMARTS) is 1. The Morgan fingerprint density at radius 1 is 1.21 bits per heavy atom. The third kappa shape index (κ3) is 3.70. The van der Waals surface area contributed by atoms with Crippen LogP contribution in [0.25, 0.3) is 0 Å². The van der Waals surface area contributed by atoms with Gasteiger partial charge in [0.2, 0.25) is 0 Å². The summed E-state index contributed by atoms with van der Waals surface area (Å²) >= 11 is 5.61. The second-order valence-electron chi connectivity index (χ2n) is 3.96. The van der Waals surface area contributed by atoms with Crippen LogP contribution in [0.3, 0.4) is 0 Å². The number of hydrogen-bond donors (Lipinski definition) is 2. The monoisotopic (exact) mass is 431 g/mol. The molecule has 98 valence electrons. The molecule has 0 aromatic heterocycles. The minimum absolute atomic E-state index is 0.730. The lowest BCUT2D eigenvalue weighted by Gasteiger charge is -2.16. The van der Waals surface area contributed by atoms with Crippen molar-refractivity contribution in [1.82, 2.24) is 0 Å². The number of halogens is 2. The average molecular weight is 432 g/mol. The van der Waals surface area contributed by atoms with Gasteiger partial charge in [0.15, 0.2) is 6.04 Å². The van der Waals surface area contributed by atoms with Gasteiger partial charge in [0.05, 0.1) is 0 Å². The van der Waals surface area contributed by atoms with Gasteiger partial charge in [-0.25, -0.2) is 4.79 Å². The summed E-state index contributed by atoms with van der Waals surface area (Å²) in [6.45, 7) is 0. The molecule has 0 aliphatic rings. The molecule has 5 heteroatoms. The zero-order valence-electron chi connectivity index (χ0n) is 9.81. The average Bonchev–Trinajstić information content (AvgIpc) is 2.40. The van der Waals surface area contributed by atoms with E-state index >= 15 is 0 Å². The SMILES string of the molecule is O=C(O)C(Nc1ccc(Br)c(I)c1)c1ccccc1. The van der Waals surface area contributed by atoms with Crippen LogP contribution in [0.15, 0.2) is 53.0 Å². The van der Waals surface area contributed by atoms with Crippen molar-refractivity contribution in [2.24, 2.45) is 0 Å². The number of carbonyl (C=O) groups is 1. The van der Waals surface area contributed by atoms with Gasteiger partial charge in [-0.1, -0.05) is 30.3 Å². The molecule has 0 aliphatic carbocycles.